The summed E-state index contributed by atoms with van der Waals surface area (Å²) in [6.07, 6.45) is 2.57. The number of ether oxygens (including phenoxy) is 1. The van der Waals surface area contributed by atoms with Gasteiger partial charge in [0.05, 0.1) is 12.5 Å². The Bertz CT molecular complexity index is 1140. The quantitative estimate of drug-likeness (QED) is 0.479. The van der Waals surface area contributed by atoms with Crippen LogP contribution in [0.4, 0.5) is 10.1 Å². The van der Waals surface area contributed by atoms with Crippen LogP contribution in [0.3, 0.4) is 0 Å². The maximum Gasteiger partial charge on any atom is 0.357 e. The lowest BCUT2D eigenvalue weighted by Gasteiger charge is -2.10. The Balaban J connectivity index is 1.68. The third kappa shape index (κ3) is 5.09. The topological polar surface area (TPSA) is 159 Å². The minimum absolute atomic E-state index is 0.0196. The van der Waals surface area contributed by atoms with Gasteiger partial charge in [-0.15, -0.1) is 0 Å². The second kappa shape index (κ2) is 8.86. The zero-order valence-corrected chi connectivity index (χ0v) is 15.9. The standard InChI is InChI=1S/C20H16FN5O5/c21-13-1-3-15(4-2-13)26-10-24-8-16(26)20(30)31-9-17(27)25-14-6-11(18(22)28)5-12(7-14)19(23)29/h1-8,10H,9H2,(H2,22,28)(H2,23,29)(H,25,27). The summed E-state index contributed by atoms with van der Waals surface area (Å²) in [6.45, 7) is -0.667. The monoisotopic (exact) mass is 425 g/mol. The highest BCUT2D eigenvalue weighted by Crippen LogP contribution is 2.16. The molecule has 5 N–H and O–H groups in total. The number of amides is 3. The second-order valence-electron chi connectivity index (χ2n) is 6.28. The number of benzene rings is 2. The molecule has 0 saturated heterocycles. The highest BCUT2D eigenvalue weighted by atomic mass is 19.1. The van der Waals surface area contributed by atoms with Crippen molar-refractivity contribution in [2.75, 3.05) is 11.9 Å². The molecule has 0 radical (unpaired) electrons. The maximum atomic E-state index is 13.1. The third-order valence-corrected chi connectivity index (χ3v) is 4.07. The molecule has 0 spiro atoms. The fourth-order valence-electron chi connectivity index (χ4n) is 2.64. The molecule has 3 amide bonds. The molecule has 0 unspecified atom stereocenters. The molecule has 1 heterocycles. The minimum atomic E-state index is -0.847. The van der Waals surface area contributed by atoms with Crippen molar-refractivity contribution < 1.29 is 28.3 Å². The van der Waals surface area contributed by atoms with E-state index in [0.29, 0.717) is 5.69 Å². The van der Waals surface area contributed by atoms with Crippen LogP contribution in [0.1, 0.15) is 31.2 Å². The van der Waals surface area contributed by atoms with E-state index < -0.39 is 36.1 Å². The van der Waals surface area contributed by atoms with Crippen LogP contribution in [0.5, 0.6) is 0 Å². The fraction of sp³-hybridized carbons (Fsp3) is 0.0500. The Morgan fingerprint density at radius 1 is 1.00 bits per heavy atom. The smallest absolute Gasteiger partial charge is 0.357 e. The van der Waals surface area contributed by atoms with Crippen LogP contribution in [-0.2, 0) is 9.53 Å². The molecular formula is C20H16FN5O5. The molecule has 3 aromatic rings. The lowest BCUT2D eigenvalue weighted by molar-refractivity contribution is -0.119. The van der Waals surface area contributed by atoms with E-state index in [-0.39, 0.29) is 22.5 Å². The summed E-state index contributed by atoms with van der Waals surface area (Å²) in [7, 11) is 0. The number of aromatic nitrogens is 2. The molecule has 3 rings (SSSR count). The van der Waals surface area contributed by atoms with Crippen molar-refractivity contribution in [3.8, 4) is 5.69 Å². The van der Waals surface area contributed by atoms with Gasteiger partial charge in [0, 0.05) is 22.5 Å². The summed E-state index contributed by atoms with van der Waals surface area (Å²) >= 11 is 0. The average Bonchev–Trinajstić information content (AvgIpc) is 3.22. The van der Waals surface area contributed by atoms with Gasteiger partial charge in [0.15, 0.2) is 12.3 Å². The second-order valence-corrected chi connectivity index (χ2v) is 6.28. The van der Waals surface area contributed by atoms with Gasteiger partial charge in [0.1, 0.15) is 5.82 Å². The summed E-state index contributed by atoms with van der Waals surface area (Å²) in [5.41, 5.74) is 10.9. The van der Waals surface area contributed by atoms with E-state index in [0.717, 1.165) is 0 Å². The Hall–Kier alpha value is -4.54. The fourth-order valence-corrected chi connectivity index (χ4v) is 2.64. The largest absolute Gasteiger partial charge is 0.451 e. The summed E-state index contributed by atoms with van der Waals surface area (Å²) in [4.78, 5) is 51.2. The van der Waals surface area contributed by atoms with Crippen LogP contribution in [0, 0.1) is 5.82 Å². The molecule has 0 atom stereocenters. The summed E-state index contributed by atoms with van der Waals surface area (Å²) < 4.78 is 19.5. The number of nitrogens with two attached hydrogens (primary N) is 2. The van der Waals surface area contributed by atoms with Crippen LogP contribution >= 0.6 is 0 Å². The summed E-state index contributed by atoms with van der Waals surface area (Å²) in [5.74, 6) is -3.67. The van der Waals surface area contributed by atoms with Crippen molar-refractivity contribution in [3.63, 3.8) is 0 Å². The Labute approximate surface area is 174 Å². The van der Waals surface area contributed by atoms with Gasteiger partial charge in [-0.25, -0.2) is 14.2 Å². The molecule has 2 aromatic carbocycles. The normalized spacial score (nSPS) is 10.4. The van der Waals surface area contributed by atoms with Gasteiger partial charge in [-0.05, 0) is 42.5 Å². The molecule has 0 fully saturated rings. The molecule has 10 nitrogen and oxygen atoms in total. The third-order valence-electron chi connectivity index (χ3n) is 4.07. The first-order valence-corrected chi connectivity index (χ1v) is 8.74. The zero-order chi connectivity index (χ0) is 22.5. The first-order chi connectivity index (χ1) is 14.7. The number of nitrogens with one attached hydrogen (secondary N) is 1. The first-order valence-electron chi connectivity index (χ1n) is 8.74. The number of halogens is 1. The number of carbonyl (C=O) groups is 4. The van der Waals surface area contributed by atoms with Crippen LogP contribution in [0.25, 0.3) is 5.69 Å². The van der Waals surface area contributed by atoms with Gasteiger partial charge in [-0.3, -0.25) is 19.0 Å². The van der Waals surface area contributed by atoms with Crippen molar-refractivity contribution in [1.82, 2.24) is 9.55 Å². The van der Waals surface area contributed by atoms with Gasteiger partial charge in [0.25, 0.3) is 5.91 Å². The molecule has 0 aliphatic carbocycles. The van der Waals surface area contributed by atoms with Crippen LogP contribution < -0.4 is 16.8 Å². The lowest BCUT2D eigenvalue weighted by Crippen LogP contribution is -2.23. The Morgan fingerprint density at radius 3 is 2.19 bits per heavy atom. The molecule has 0 saturated carbocycles. The Morgan fingerprint density at radius 2 is 1.61 bits per heavy atom. The predicted molar refractivity (Wildman–Crippen MR) is 106 cm³/mol. The number of rotatable bonds is 7. The van der Waals surface area contributed by atoms with E-state index in [1.807, 2.05) is 0 Å². The van der Waals surface area contributed by atoms with Crippen LogP contribution in [0.15, 0.2) is 55.0 Å². The summed E-state index contributed by atoms with van der Waals surface area (Å²) in [5, 5.41) is 2.39. The predicted octanol–water partition coefficient (Wildman–Crippen LogP) is 1.00. The van der Waals surface area contributed by atoms with Gasteiger partial charge >= 0.3 is 5.97 Å². The highest BCUT2D eigenvalue weighted by molar-refractivity contribution is 6.02. The molecule has 11 heteroatoms. The van der Waals surface area contributed by atoms with E-state index in [4.69, 9.17) is 16.2 Å². The molecule has 31 heavy (non-hydrogen) atoms. The number of hydrogen-bond acceptors (Lipinski definition) is 6. The van der Waals surface area contributed by atoms with Crippen molar-refractivity contribution in [1.29, 1.82) is 0 Å². The average molecular weight is 425 g/mol. The van der Waals surface area contributed by atoms with Crippen molar-refractivity contribution in [2.24, 2.45) is 11.5 Å². The molecular weight excluding hydrogens is 409 g/mol. The van der Waals surface area contributed by atoms with E-state index >= 15 is 0 Å². The van der Waals surface area contributed by atoms with Crippen LogP contribution in [-0.4, -0.2) is 39.8 Å². The molecule has 158 valence electrons. The number of esters is 1. The van der Waals surface area contributed by atoms with Gasteiger partial charge in [-0.1, -0.05) is 0 Å². The lowest BCUT2D eigenvalue weighted by atomic mass is 10.1. The van der Waals surface area contributed by atoms with E-state index in [1.54, 1.807) is 0 Å². The molecule has 0 bridgehead atoms. The van der Waals surface area contributed by atoms with E-state index in [9.17, 15) is 23.6 Å². The van der Waals surface area contributed by atoms with E-state index in [1.165, 1.54) is 59.6 Å². The Kier molecular flexibility index (Phi) is 6.05. The number of imidazole rings is 1. The van der Waals surface area contributed by atoms with E-state index in [2.05, 4.69) is 10.3 Å². The maximum absolute atomic E-state index is 13.1. The van der Waals surface area contributed by atoms with Crippen LogP contribution in [0.2, 0.25) is 0 Å². The first kappa shape index (κ1) is 21.2. The molecule has 0 aliphatic heterocycles. The van der Waals surface area contributed by atoms with Gasteiger partial charge in [-0.2, -0.15) is 0 Å². The van der Waals surface area contributed by atoms with Gasteiger partial charge in [0.2, 0.25) is 11.8 Å². The molecule has 0 aliphatic rings. The number of carbonyl (C=O) groups excluding carboxylic acids is 4. The molecule has 1 aromatic heterocycles. The summed E-state index contributed by atoms with van der Waals surface area (Å²) in [6, 6.07) is 9.02. The van der Waals surface area contributed by atoms with Gasteiger partial charge < -0.3 is 21.5 Å². The van der Waals surface area contributed by atoms with Crippen molar-refractivity contribution in [3.05, 3.63) is 77.6 Å². The SMILES string of the molecule is NC(=O)c1cc(NC(=O)COC(=O)c2cncn2-c2ccc(F)cc2)cc(C(N)=O)c1. The number of hydrogen-bond donors (Lipinski definition) is 3. The highest BCUT2D eigenvalue weighted by Gasteiger charge is 2.17. The number of anilines is 1. The van der Waals surface area contributed by atoms with Crippen molar-refractivity contribution >= 4 is 29.4 Å². The zero-order valence-electron chi connectivity index (χ0n) is 15.9. The number of nitrogens with zero attached hydrogens (tertiary/aromatic N) is 2. The minimum Gasteiger partial charge on any atom is -0.451 e. The number of primary amides is 2. The van der Waals surface area contributed by atoms with Crippen molar-refractivity contribution in [2.45, 2.75) is 0 Å².